The van der Waals surface area contributed by atoms with Gasteiger partial charge in [0.15, 0.2) is 0 Å². The molecule has 0 aliphatic heterocycles. The van der Waals surface area contributed by atoms with E-state index in [-0.39, 0.29) is 0 Å². The van der Waals surface area contributed by atoms with Crippen LogP contribution < -0.4 is 5.32 Å². The molecule has 0 spiro atoms. The Morgan fingerprint density at radius 2 is 2.09 bits per heavy atom. The van der Waals surface area contributed by atoms with Crippen LogP contribution in [0.4, 0.5) is 5.69 Å². The van der Waals surface area contributed by atoms with E-state index in [0.29, 0.717) is 0 Å². The Morgan fingerprint density at radius 1 is 1.26 bits per heavy atom. The van der Waals surface area contributed by atoms with Crippen molar-refractivity contribution >= 4 is 17.3 Å². The highest BCUT2D eigenvalue weighted by Gasteiger charge is 2.13. The van der Waals surface area contributed by atoms with Gasteiger partial charge in [-0.15, -0.1) is 0 Å². The van der Waals surface area contributed by atoms with Crippen molar-refractivity contribution in [2.75, 3.05) is 11.9 Å². The third-order valence-electron chi connectivity index (χ3n) is 4.92. The van der Waals surface area contributed by atoms with Crippen molar-refractivity contribution in [1.29, 1.82) is 0 Å². The van der Waals surface area contributed by atoms with Gasteiger partial charge in [-0.2, -0.15) is 0 Å². The lowest BCUT2D eigenvalue weighted by molar-refractivity contribution is 0.373. The highest BCUT2D eigenvalue weighted by molar-refractivity contribution is 6.31. The number of anilines is 1. The van der Waals surface area contributed by atoms with Crippen molar-refractivity contribution < 1.29 is 0 Å². The van der Waals surface area contributed by atoms with Crippen molar-refractivity contribution in [3.63, 3.8) is 0 Å². The number of nitrogens with zero attached hydrogens (tertiary/aromatic N) is 2. The van der Waals surface area contributed by atoms with Crippen molar-refractivity contribution in [1.82, 2.24) is 9.55 Å². The molecule has 1 aliphatic carbocycles. The van der Waals surface area contributed by atoms with E-state index in [1.807, 2.05) is 19.3 Å². The molecule has 1 fully saturated rings. The van der Waals surface area contributed by atoms with Gasteiger partial charge in [-0.1, -0.05) is 36.9 Å². The first-order chi connectivity index (χ1) is 11.2. The summed E-state index contributed by atoms with van der Waals surface area (Å²) in [5.74, 6) is 1.87. The van der Waals surface area contributed by atoms with Gasteiger partial charge in [0.05, 0.1) is 0 Å². The highest BCUT2D eigenvalue weighted by Crippen LogP contribution is 2.26. The van der Waals surface area contributed by atoms with Gasteiger partial charge in [0.25, 0.3) is 0 Å². The van der Waals surface area contributed by atoms with Gasteiger partial charge in [0, 0.05) is 36.2 Å². The molecule has 0 bridgehead atoms. The summed E-state index contributed by atoms with van der Waals surface area (Å²) in [5.41, 5.74) is 2.34. The summed E-state index contributed by atoms with van der Waals surface area (Å²) in [6.07, 6.45) is 11.7. The number of aryl methyl sites for hydroxylation is 3. The number of hydrogen-bond acceptors (Lipinski definition) is 2. The predicted octanol–water partition coefficient (Wildman–Crippen LogP) is 5.08. The molecule has 0 unspecified atom stereocenters. The summed E-state index contributed by atoms with van der Waals surface area (Å²) in [6.45, 7) is 4.02. The van der Waals surface area contributed by atoms with E-state index in [0.717, 1.165) is 42.0 Å². The molecule has 0 atom stereocenters. The molecule has 1 aromatic heterocycles. The van der Waals surface area contributed by atoms with Crippen molar-refractivity contribution in [3.8, 4) is 0 Å². The molecule has 23 heavy (non-hydrogen) atoms. The summed E-state index contributed by atoms with van der Waals surface area (Å²) in [6, 6.07) is 6.38. The monoisotopic (exact) mass is 331 g/mol. The fourth-order valence-corrected chi connectivity index (χ4v) is 3.67. The van der Waals surface area contributed by atoms with Crippen LogP contribution in [0.2, 0.25) is 5.02 Å². The van der Waals surface area contributed by atoms with Gasteiger partial charge in [-0.3, -0.25) is 0 Å². The number of rotatable bonds is 6. The van der Waals surface area contributed by atoms with E-state index in [4.69, 9.17) is 11.6 Å². The Kier molecular flexibility index (Phi) is 5.60. The van der Waals surface area contributed by atoms with E-state index in [2.05, 4.69) is 33.1 Å². The van der Waals surface area contributed by atoms with Crippen LogP contribution in [-0.2, 0) is 13.0 Å². The van der Waals surface area contributed by atoms with E-state index in [1.165, 1.54) is 37.7 Å². The molecule has 2 aromatic rings. The number of nitrogens with one attached hydrogen (secondary N) is 1. The molecular formula is C19H26ClN3. The molecule has 1 heterocycles. The molecule has 0 saturated heterocycles. The Labute approximate surface area is 144 Å². The topological polar surface area (TPSA) is 29.9 Å². The van der Waals surface area contributed by atoms with Gasteiger partial charge in [0.2, 0.25) is 0 Å². The minimum absolute atomic E-state index is 0.825. The second-order valence-corrected chi connectivity index (χ2v) is 7.02. The van der Waals surface area contributed by atoms with Crippen LogP contribution in [-0.4, -0.2) is 16.1 Å². The number of benzene rings is 1. The zero-order valence-corrected chi connectivity index (χ0v) is 14.6. The quantitative estimate of drug-likeness (QED) is 0.800. The maximum absolute atomic E-state index is 6.47. The summed E-state index contributed by atoms with van der Waals surface area (Å²) in [5, 5.41) is 4.42. The normalized spacial score (nSPS) is 15.7. The van der Waals surface area contributed by atoms with Crippen LogP contribution in [0, 0.1) is 12.8 Å². The SMILES string of the molecule is Cc1nccn1CCc1ccc(NCC2CCCCC2)cc1Cl. The number of halogens is 1. The first-order valence-electron chi connectivity index (χ1n) is 8.72. The maximum atomic E-state index is 6.47. The Bertz CT molecular complexity index is 629. The molecule has 0 amide bonds. The first-order valence-corrected chi connectivity index (χ1v) is 9.10. The zero-order chi connectivity index (χ0) is 16.1. The zero-order valence-electron chi connectivity index (χ0n) is 13.9. The molecule has 1 N–H and O–H groups in total. The van der Waals surface area contributed by atoms with Crippen molar-refractivity contribution in [3.05, 3.63) is 47.0 Å². The van der Waals surface area contributed by atoms with Crippen LogP contribution in [0.5, 0.6) is 0 Å². The standard InChI is InChI=1S/C19H26ClN3/c1-15-21-10-12-23(15)11-9-17-7-8-18(13-19(17)20)22-14-16-5-3-2-4-6-16/h7-8,10,12-13,16,22H,2-6,9,11,14H2,1H3. The summed E-state index contributed by atoms with van der Waals surface area (Å²) in [4.78, 5) is 4.25. The second-order valence-electron chi connectivity index (χ2n) is 6.61. The minimum Gasteiger partial charge on any atom is -0.385 e. The largest absolute Gasteiger partial charge is 0.385 e. The molecule has 0 radical (unpaired) electrons. The second kappa shape index (κ2) is 7.87. The van der Waals surface area contributed by atoms with Gasteiger partial charge < -0.3 is 9.88 Å². The van der Waals surface area contributed by atoms with Gasteiger partial charge >= 0.3 is 0 Å². The molecule has 124 valence electrons. The molecule has 4 heteroatoms. The van der Waals surface area contributed by atoms with Crippen LogP contribution in [0.25, 0.3) is 0 Å². The summed E-state index contributed by atoms with van der Waals surface area (Å²) < 4.78 is 2.16. The van der Waals surface area contributed by atoms with Crippen LogP contribution >= 0.6 is 11.6 Å². The van der Waals surface area contributed by atoms with Gasteiger partial charge in [-0.05, 0) is 49.8 Å². The van der Waals surface area contributed by atoms with Gasteiger partial charge in [0.1, 0.15) is 5.82 Å². The van der Waals surface area contributed by atoms with Gasteiger partial charge in [-0.25, -0.2) is 4.98 Å². The number of aromatic nitrogens is 2. The lowest BCUT2D eigenvalue weighted by Crippen LogP contribution is -2.17. The minimum atomic E-state index is 0.825. The van der Waals surface area contributed by atoms with Crippen molar-refractivity contribution in [2.24, 2.45) is 5.92 Å². The highest BCUT2D eigenvalue weighted by atomic mass is 35.5. The number of imidazole rings is 1. The van der Waals surface area contributed by atoms with E-state index < -0.39 is 0 Å². The van der Waals surface area contributed by atoms with Crippen molar-refractivity contribution in [2.45, 2.75) is 52.0 Å². The average Bonchev–Trinajstić information content (AvgIpc) is 2.98. The van der Waals surface area contributed by atoms with E-state index >= 15 is 0 Å². The Hall–Kier alpha value is -1.48. The predicted molar refractivity (Wildman–Crippen MR) is 97.2 cm³/mol. The lowest BCUT2D eigenvalue weighted by Gasteiger charge is -2.22. The average molecular weight is 332 g/mol. The third kappa shape index (κ3) is 4.51. The van der Waals surface area contributed by atoms with Crippen LogP contribution in [0.15, 0.2) is 30.6 Å². The Morgan fingerprint density at radius 3 is 2.78 bits per heavy atom. The Balaban J connectivity index is 1.53. The summed E-state index contributed by atoms with van der Waals surface area (Å²) in [7, 11) is 0. The maximum Gasteiger partial charge on any atom is 0.105 e. The molecule has 1 saturated carbocycles. The van der Waals surface area contributed by atoms with Crippen LogP contribution in [0.3, 0.4) is 0 Å². The molecule has 1 aliphatic rings. The van der Waals surface area contributed by atoms with Crippen LogP contribution in [0.1, 0.15) is 43.5 Å². The molecule has 3 rings (SSSR count). The molecule has 1 aromatic carbocycles. The fourth-order valence-electron chi connectivity index (χ4n) is 3.39. The number of hydrogen-bond donors (Lipinski definition) is 1. The summed E-state index contributed by atoms with van der Waals surface area (Å²) >= 11 is 6.47. The third-order valence-corrected chi connectivity index (χ3v) is 5.27. The molecule has 3 nitrogen and oxygen atoms in total. The van der Waals surface area contributed by atoms with E-state index in [1.54, 1.807) is 0 Å². The molecular weight excluding hydrogens is 306 g/mol. The van der Waals surface area contributed by atoms with E-state index in [9.17, 15) is 0 Å². The fraction of sp³-hybridized carbons (Fsp3) is 0.526. The first kappa shape index (κ1) is 16.4. The lowest BCUT2D eigenvalue weighted by atomic mass is 9.89. The smallest absolute Gasteiger partial charge is 0.105 e.